The molecule has 0 saturated heterocycles. The first-order chi connectivity index (χ1) is 9.67. The second kappa shape index (κ2) is 6.14. The van der Waals surface area contributed by atoms with Gasteiger partial charge in [0.25, 0.3) is 5.91 Å². The number of carbonyl (C=O) groups excluding carboxylic acids is 1. The zero-order valence-corrected chi connectivity index (χ0v) is 11.6. The SMILES string of the molecule is CCN(Cc1ccco1)C(=O)c1c(N)cccc1OC. The van der Waals surface area contributed by atoms with Crippen LogP contribution in [0.5, 0.6) is 5.75 Å². The van der Waals surface area contributed by atoms with E-state index in [0.29, 0.717) is 30.1 Å². The number of benzene rings is 1. The average Bonchev–Trinajstić information content (AvgIpc) is 2.96. The number of hydrogen-bond donors (Lipinski definition) is 1. The summed E-state index contributed by atoms with van der Waals surface area (Å²) in [7, 11) is 1.52. The number of rotatable bonds is 5. The van der Waals surface area contributed by atoms with Crippen LogP contribution in [0.3, 0.4) is 0 Å². The summed E-state index contributed by atoms with van der Waals surface area (Å²) in [5, 5.41) is 0. The molecule has 20 heavy (non-hydrogen) atoms. The lowest BCUT2D eigenvalue weighted by Crippen LogP contribution is -2.31. The first kappa shape index (κ1) is 14.0. The summed E-state index contributed by atoms with van der Waals surface area (Å²) in [4.78, 5) is 14.3. The molecule has 0 radical (unpaired) electrons. The predicted molar refractivity (Wildman–Crippen MR) is 76.5 cm³/mol. The molecular weight excluding hydrogens is 256 g/mol. The van der Waals surface area contributed by atoms with Crippen LogP contribution in [-0.4, -0.2) is 24.5 Å². The summed E-state index contributed by atoms with van der Waals surface area (Å²) in [5.74, 6) is 1.04. The number of nitrogens with zero attached hydrogens (tertiary/aromatic N) is 1. The fourth-order valence-corrected chi connectivity index (χ4v) is 2.02. The summed E-state index contributed by atoms with van der Waals surface area (Å²) in [6, 6.07) is 8.81. The number of amides is 1. The lowest BCUT2D eigenvalue weighted by molar-refractivity contribution is 0.0739. The Hall–Kier alpha value is -2.43. The molecule has 1 aromatic carbocycles. The second-order valence-electron chi connectivity index (χ2n) is 4.32. The Kier molecular flexibility index (Phi) is 4.30. The van der Waals surface area contributed by atoms with Gasteiger partial charge in [-0.1, -0.05) is 6.07 Å². The third-order valence-electron chi connectivity index (χ3n) is 3.09. The molecule has 2 N–H and O–H groups in total. The van der Waals surface area contributed by atoms with Gasteiger partial charge in [-0.15, -0.1) is 0 Å². The van der Waals surface area contributed by atoms with E-state index >= 15 is 0 Å². The minimum Gasteiger partial charge on any atom is -0.496 e. The number of nitrogen functional groups attached to an aromatic ring is 1. The molecule has 106 valence electrons. The fourth-order valence-electron chi connectivity index (χ4n) is 2.02. The molecule has 5 nitrogen and oxygen atoms in total. The molecule has 0 aliphatic carbocycles. The van der Waals surface area contributed by atoms with E-state index in [1.165, 1.54) is 7.11 Å². The van der Waals surface area contributed by atoms with Crippen LogP contribution in [0.1, 0.15) is 23.0 Å². The molecule has 0 fully saturated rings. The number of carbonyl (C=O) groups is 1. The molecule has 5 heteroatoms. The number of nitrogens with two attached hydrogens (primary N) is 1. The second-order valence-corrected chi connectivity index (χ2v) is 4.32. The van der Waals surface area contributed by atoms with E-state index in [2.05, 4.69) is 0 Å². The third kappa shape index (κ3) is 2.77. The van der Waals surface area contributed by atoms with Crippen molar-refractivity contribution in [2.24, 2.45) is 0 Å². The molecule has 0 saturated carbocycles. The van der Waals surface area contributed by atoms with Crippen LogP contribution in [0.4, 0.5) is 5.69 Å². The summed E-state index contributed by atoms with van der Waals surface area (Å²) in [5.41, 5.74) is 6.71. The minimum atomic E-state index is -0.168. The summed E-state index contributed by atoms with van der Waals surface area (Å²) in [6.45, 7) is 2.86. The highest BCUT2D eigenvalue weighted by Gasteiger charge is 2.21. The van der Waals surface area contributed by atoms with Gasteiger partial charge in [-0.25, -0.2) is 0 Å². The van der Waals surface area contributed by atoms with Crippen LogP contribution < -0.4 is 10.5 Å². The van der Waals surface area contributed by atoms with Gasteiger partial charge in [0.15, 0.2) is 0 Å². The molecule has 0 bridgehead atoms. The van der Waals surface area contributed by atoms with Crippen LogP contribution >= 0.6 is 0 Å². The molecular formula is C15H18N2O3. The van der Waals surface area contributed by atoms with Crippen molar-refractivity contribution in [1.82, 2.24) is 4.90 Å². The molecule has 0 aliphatic heterocycles. The van der Waals surface area contributed by atoms with Crippen molar-refractivity contribution in [3.8, 4) is 5.75 Å². The Bertz CT molecular complexity index is 579. The molecule has 0 aliphatic rings. The maximum Gasteiger partial charge on any atom is 0.260 e. The monoisotopic (exact) mass is 274 g/mol. The third-order valence-corrected chi connectivity index (χ3v) is 3.09. The van der Waals surface area contributed by atoms with Crippen LogP contribution in [0.25, 0.3) is 0 Å². The smallest absolute Gasteiger partial charge is 0.260 e. The van der Waals surface area contributed by atoms with Gasteiger partial charge in [0.2, 0.25) is 0 Å². The van der Waals surface area contributed by atoms with Crippen LogP contribution in [0, 0.1) is 0 Å². The van der Waals surface area contributed by atoms with E-state index in [-0.39, 0.29) is 5.91 Å². The maximum absolute atomic E-state index is 12.6. The highest BCUT2D eigenvalue weighted by Crippen LogP contribution is 2.26. The predicted octanol–water partition coefficient (Wildman–Crippen LogP) is 2.53. The van der Waals surface area contributed by atoms with Gasteiger partial charge in [-0.3, -0.25) is 4.79 Å². The zero-order chi connectivity index (χ0) is 14.5. The normalized spacial score (nSPS) is 10.3. The highest BCUT2D eigenvalue weighted by atomic mass is 16.5. The van der Waals surface area contributed by atoms with Crippen molar-refractivity contribution < 1.29 is 13.9 Å². The van der Waals surface area contributed by atoms with E-state index in [4.69, 9.17) is 14.9 Å². The number of anilines is 1. The van der Waals surface area contributed by atoms with Gasteiger partial charge in [0.05, 0.1) is 19.9 Å². The topological polar surface area (TPSA) is 68.7 Å². The Balaban J connectivity index is 2.29. The molecule has 2 rings (SSSR count). The van der Waals surface area contributed by atoms with Crippen molar-refractivity contribution in [1.29, 1.82) is 0 Å². The van der Waals surface area contributed by atoms with Gasteiger partial charge < -0.3 is 19.8 Å². The lowest BCUT2D eigenvalue weighted by atomic mass is 10.1. The molecule has 0 atom stereocenters. The van der Waals surface area contributed by atoms with E-state index in [1.54, 1.807) is 35.4 Å². The van der Waals surface area contributed by atoms with Crippen molar-refractivity contribution in [2.75, 3.05) is 19.4 Å². The molecule has 1 amide bonds. The Labute approximate surface area is 117 Å². The maximum atomic E-state index is 12.6. The van der Waals surface area contributed by atoms with Crippen molar-refractivity contribution in [3.63, 3.8) is 0 Å². The van der Waals surface area contributed by atoms with Gasteiger partial charge >= 0.3 is 0 Å². The largest absolute Gasteiger partial charge is 0.496 e. The Morgan fingerprint density at radius 3 is 2.75 bits per heavy atom. The van der Waals surface area contributed by atoms with Crippen LogP contribution in [-0.2, 0) is 6.54 Å². The van der Waals surface area contributed by atoms with Gasteiger partial charge in [-0.05, 0) is 31.2 Å². The van der Waals surface area contributed by atoms with Crippen LogP contribution in [0.2, 0.25) is 0 Å². The molecule has 0 unspecified atom stereocenters. The van der Waals surface area contributed by atoms with Crippen molar-refractivity contribution in [2.45, 2.75) is 13.5 Å². The van der Waals surface area contributed by atoms with Gasteiger partial charge in [0.1, 0.15) is 17.1 Å². The zero-order valence-electron chi connectivity index (χ0n) is 11.6. The first-order valence-corrected chi connectivity index (χ1v) is 6.41. The average molecular weight is 274 g/mol. The summed E-state index contributed by atoms with van der Waals surface area (Å²) >= 11 is 0. The number of furan rings is 1. The quantitative estimate of drug-likeness (QED) is 0.851. The van der Waals surface area contributed by atoms with Gasteiger partial charge in [-0.2, -0.15) is 0 Å². The van der Waals surface area contributed by atoms with Crippen molar-refractivity contribution in [3.05, 3.63) is 47.9 Å². The lowest BCUT2D eigenvalue weighted by Gasteiger charge is -2.21. The summed E-state index contributed by atoms with van der Waals surface area (Å²) < 4.78 is 10.5. The van der Waals surface area contributed by atoms with E-state index < -0.39 is 0 Å². The highest BCUT2D eigenvalue weighted by molar-refractivity contribution is 6.01. The fraction of sp³-hybridized carbons (Fsp3) is 0.267. The van der Waals surface area contributed by atoms with Gasteiger partial charge in [0, 0.05) is 12.2 Å². The molecule has 0 spiro atoms. The standard InChI is InChI=1S/C15H18N2O3/c1-3-17(10-11-6-5-9-20-11)15(18)14-12(16)7-4-8-13(14)19-2/h4-9H,3,10,16H2,1-2H3. The van der Waals surface area contributed by atoms with E-state index in [1.807, 2.05) is 13.0 Å². The number of methoxy groups -OCH3 is 1. The molecule has 1 aromatic heterocycles. The number of hydrogen-bond acceptors (Lipinski definition) is 4. The number of ether oxygens (including phenoxy) is 1. The van der Waals surface area contributed by atoms with E-state index in [9.17, 15) is 4.79 Å². The molecule has 2 aromatic rings. The minimum absolute atomic E-state index is 0.168. The Morgan fingerprint density at radius 2 is 2.15 bits per heavy atom. The molecule has 1 heterocycles. The van der Waals surface area contributed by atoms with Crippen LogP contribution in [0.15, 0.2) is 41.0 Å². The van der Waals surface area contributed by atoms with Crippen molar-refractivity contribution >= 4 is 11.6 Å². The summed E-state index contributed by atoms with van der Waals surface area (Å²) in [6.07, 6.45) is 1.59. The first-order valence-electron chi connectivity index (χ1n) is 6.41. The van der Waals surface area contributed by atoms with E-state index in [0.717, 1.165) is 5.76 Å². The Morgan fingerprint density at radius 1 is 1.35 bits per heavy atom.